The maximum Gasteiger partial charge on any atom is 0.309 e. The highest BCUT2D eigenvalue weighted by Gasteiger charge is 2.36. The summed E-state index contributed by atoms with van der Waals surface area (Å²) in [6, 6.07) is 7.00. The van der Waals surface area contributed by atoms with E-state index in [1.165, 1.54) is 5.56 Å². The molecule has 1 aromatic carbocycles. The molecule has 1 saturated carbocycles. The number of carbonyl (C=O) groups excluding carboxylic acids is 3. The van der Waals surface area contributed by atoms with Crippen LogP contribution in [0.4, 0.5) is 4.39 Å². The molecule has 4 nitrogen and oxygen atoms in total. The number of esters is 1. The van der Waals surface area contributed by atoms with E-state index in [0.29, 0.717) is 11.5 Å². The van der Waals surface area contributed by atoms with Gasteiger partial charge in [0.15, 0.2) is 11.6 Å². The Morgan fingerprint density at radius 3 is 2.38 bits per heavy atom. The van der Waals surface area contributed by atoms with Gasteiger partial charge in [0.05, 0.1) is 18.1 Å². The Balaban J connectivity index is 1.79. The topological polar surface area (TPSA) is 60.4 Å². The number of ketones is 2. The molecule has 5 heteroatoms. The molecule has 1 unspecified atom stereocenters. The van der Waals surface area contributed by atoms with Crippen molar-refractivity contribution >= 4 is 17.5 Å². The van der Waals surface area contributed by atoms with Crippen LogP contribution in [0.1, 0.15) is 54.4 Å². The van der Waals surface area contributed by atoms with Gasteiger partial charge in [0.1, 0.15) is 5.83 Å². The van der Waals surface area contributed by atoms with Crippen LogP contribution >= 0.6 is 0 Å². The van der Waals surface area contributed by atoms with Crippen molar-refractivity contribution in [1.29, 1.82) is 0 Å². The lowest BCUT2D eigenvalue weighted by molar-refractivity contribution is -0.149. The van der Waals surface area contributed by atoms with Gasteiger partial charge in [-0.2, -0.15) is 0 Å². The quantitative estimate of drug-likeness (QED) is 0.471. The van der Waals surface area contributed by atoms with Gasteiger partial charge in [-0.3, -0.25) is 14.4 Å². The fourth-order valence-corrected chi connectivity index (χ4v) is 3.01. The minimum Gasteiger partial charge on any atom is -0.466 e. The Morgan fingerprint density at radius 1 is 1.17 bits per heavy atom. The van der Waals surface area contributed by atoms with Crippen molar-refractivity contribution < 1.29 is 23.5 Å². The Hall–Kier alpha value is -2.30. The van der Waals surface area contributed by atoms with Crippen LogP contribution in [-0.4, -0.2) is 24.1 Å². The van der Waals surface area contributed by atoms with Crippen LogP contribution in [0.5, 0.6) is 0 Å². The summed E-state index contributed by atoms with van der Waals surface area (Å²) in [5, 5.41) is 0. The second-order valence-corrected chi connectivity index (χ2v) is 6.29. The van der Waals surface area contributed by atoms with Gasteiger partial charge in [-0.05, 0) is 31.2 Å². The van der Waals surface area contributed by atoms with Crippen LogP contribution in [0.15, 0.2) is 35.7 Å². The number of allylic oxidation sites excluding steroid dienone is 2. The third kappa shape index (κ3) is 3.30. The van der Waals surface area contributed by atoms with Crippen molar-refractivity contribution in [3.05, 3.63) is 46.8 Å². The van der Waals surface area contributed by atoms with Gasteiger partial charge in [-0.25, -0.2) is 4.39 Å². The third-order valence-corrected chi connectivity index (χ3v) is 4.48. The first-order valence-electron chi connectivity index (χ1n) is 8.24. The Morgan fingerprint density at radius 2 is 1.83 bits per heavy atom. The summed E-state index contributed by atoms with van der Waals surface area (Å²) >= 11 is 0. The number of hydrogen-bond acceptors (Lipinski definition) is 4. The third-order valence-electron chi connectivity index (χ3n) is 4.48. The highest BCUT2D eigenvalue weighted by Crippen LogP contribution is 2.40. The SMILES string of the molecule is CCOC(=O)C1CC(=O)C(C(=O)c2ccc(C3CC3)cc2)=C(F)C1. The van der Waals surface area contributed by atoms with Gasteiger partial charge in [0, 0.05) is 18.4 Å². The van der Waals surface area contributed by atoms with Gasteiger partial charge in [0.2, 0.25) is 0 Å². The number of rotatable bonds is 5. The highest BCUT2D eigenvalue weighted by atomic mass is 19.1. The Labute approximate surface area is 139 Å². The van der Waals surface area contributed by atoms with E-state index >= 15 is 0 Å². The first kappa shape index (κ1) is 16.6. The lowest BCUT2D eigenvalue weighted by atomic mass is 9.84. The first-order valence-corrected chi connectivity index (χ1v) is 8.24. The summed E-state index contributed by atoms with van der Waals surface area (Å²) < 4.78 is 19.2. The number of ether oxygens (including phenoxy) is 1. The molecule has 0 heterocycles. The van der Waals surface area contributed by atoms with Crippen molar-refractivity contribution in [2.75, 3.05) is 6.61 Å². The summed E-state index contributed by atoms with van der Waals surface area (Å²) in [7, 11) is 0. The zero-order valence-corrected chi connectivity index (χ0v) is 13.5. The van der Waals surface area contributed by atoms with E-state index in [-0.39, 0.29) is 19.4 Å². The fourth-order valence-electron chi connectivity index (χ4n) is 3.01. The van der Waals surface area contributed by atoms with Gasteiger partial charge >= 0.3 is 5.97 Å². The number of halogens is 1. The molecule has 0 bridgehead atoms. The zero-order chi connectivity index (χ0) is 17.3. The molecule has 1 aromatic rings. The smallest absolute Gasteiger partial charge is 0.309 e. The molecule has 1 fully saturated rings. The largest absolute Gasteiger partial charge is 0.466 e. The molecule has 2 aliphatic carbocycles. The molecular formula is C19H19FO4. The molecule has 24 heavy (non-hydrogen) atoms. The van der Waals surface area contributed by atoms with E-state index in [1.54, 1.807) is 19.1 Å². The maximum atomic E-state index is 14.3. The minimum absolute atomic E-state index is 0.175. The zero-order valence-electron chi connectivity index (χ0n) is 13.5. The maximum absolute atomic E-state index is 14.3. The number of hydrogen-bond donors (Lipinski definition) is 0. The summed E-state index contributed by atoms with van der Waals surface area (Å²) in [5.74, 6) is -2.94. The first-order chi connectivity index (χ1) is 11.5. The van der Waals surface area contributed by atoms with E-state index in [0.717, 1.165) is 12.8 Å². The molecule has 0 amide bonds. The average molecular weight is 330 g/mol. The Bertz CT molecular complexity index is 713. The lowest BCUT2D eigenvalue weighted by Crippen LogP contribution is -2.29. The number of Topliss-reactive ketones (excluding diaryl/α,β-unsaturated/α-hetero) is 2. The van der Waals surface area contributed by atoms with Crippen molar-refractivity contribution in [2.24, 2.45) is 5.92 Å². The molecule has 3 rings (SSSR count). The van der Waals surface area contributed by atoms with Crippen LogP contribution in [0, 0.1) is 5.92 Å². The summed E-state index contributed by atoms with van der Waals surface area (Å²) in [5.41, 5.74) is 1.04. The van der Waals surface area contributed by atoms with Crippen molar-refractivity contribution in [1.82, 2.24) is 0 Å². The molecule has 2 aliphatic rings. The molecule has 0 spiro atoms. The molecule has 0 N–H and O–H groups in total. The fraction of sp³-hybridized carbons (Fsp3) is 0.421. The van der Waals surface area contributed by atoms with Crippen molar-refractivity contribution in [3.8, 4) is 0 Å². The predicted molar refractivity (Wildman–Crippen MR) is 85.2 cm³/mol. The van der Waals surface area contributed by atoms with Crippen LogP contribution < -0.4 is 0 Å². The van der Waals surface area contributed by atoms with Crippen LogP contribution in [-0.2, 0) is 14.3 Å². The summed E-state index contributed by atoms with van der Waals surface area (Å²) in [6.45, 7) is 1.82. The van der Waals surface area contributed by atoms with Crippen LogP contribution in [0.2, 0.25) is 0 Å². The van der Waals surface area contributed by atoms with E-state index in [9.17, 15) is 18.8 Å². The molecule has 1 atom stereocenters. The van der Waals surface area contributed by atoms with Crippen LogP contribution in [0.3, 0.4) is 0 Å². The molecule has 0 saturated heterocycles. The molecule has 0 aromatic heterocycles. The van der Waals surface area contributed by atoms with Crippen molar-refractivity contribution in [2.45, 2.75) is 38.5 Å². The standard InChI is InChI=1S/C19H19FO4/c1-2-24-19(23)14-9-15(20)17(16(21)10-14)18(22)13-7-5-12(6-8-13)11-3-4-11/h5-8,11,14H,2-4,9-10H2,1H3. The predicted octanol–water partition coefficient (Wildman–Crippen LogP) is 3.51. The summed E-state index contributed by atoms with van der Waals surface area (Å²) in [4.78, 5) is 36.4. The normalized spacial score (nSPS) is 20.9. The minimum atomic E-state index is -0.841. The van der Waals surface area contributed by atoms with Gasteiger partial charge < -0.3 is 4.74 Å². The van der Waals surface area contributed by atoms with Crippen molar-refractivity contribution in [3.63, 3.8) is 0 Å². The molecule has 0 radical (unpaired) electrons. The molecular weight excluding hydrogens is 311 g/mol. The molecule has 0 aliphatic heterocycles. The van der Waals surface area contributed by atoms with Gasteiger partial charge in [0.25, 0.3) is 0 Å². The van der Waals surface area contributed by atoms with E-state index in [4.69, 9.17) is 4.74 Å². The molecule has 126 valence electrons. The van der Waals surface area contributed by atoms with E-state index < -0.39 is 34.9 Å². The van der Waals surface area contributed by atoms with E-state index in [1.807, 2.05) is 12.1 Å². The average Bonchev–Trinajstić information content (AvgIpc) is 3.39. The highest BCUT2D eigenvalue weighted by molar-refractivity contribution is 6.27. The lowest BCUT2D eigenvalue weighted by Gasteiger charge is -2.20. The van der Waals surface area contributed by atoms with Gasteiger partial charge in [-0.1, -0.05) is 24.3 Å². The second kappa shape index (κ2) is 6.67. The van der Waals surface area contributed by atoms with E-state index in [2.05, 4.69) is 0 Å². The van der Waals surface area contributed by atoms with Crippen LogP contribution in [0.25, 0.3) is 0 Å². The second-order valence-electron chi connectivity index (χ2n) is 6.29. The monoisotopic (exact) mass is 330 g/mol. The Kier molecular flexibility index (Phi) is 4.60. The number of benzene rings is 1. The number of carbonyl (C=O) groups is 3. The van der Waals surface area contributed by atoms with Gasteiger partial charge in [-0.15, -0.1) is 0 Å². The summed E-state index contributed by atoms with van der Waals surface area (Å²) in [6.07, 6.45) is 1.86.